The molecule has 0 heterocycles. The summed E-state index contributed by atoms with van der Waals surface area (Å²) in [6.45, 7) is 9.62. The van der Waals surface area contributed by atoms with Crippen molar-refractivity contribution < 1.29 is 14.4 Å². The van der Waals surface area contributed by atoms with Gasteiger partial charge in [0.2, 0.25) is 0 Å². The van der Waals surface area contributed by atoms with Crippen LogP contribution in [-0.4, -0.2) is 37.6 Å². The third-order valence-electron chi connectivity index (χ3n) is 9.22. The van der Waals surface area contributed by atoms with Crippen molar-refractivity contribution in [2.75, 3.05) is 27.2 Å². The molecule has 260 valence electrons. The number of quaternary nitrogens is 1. The van der Waals surface area contributed by atoms with Gasteiger partial charge >= 0.3 is 0 Å². The largest absolute Gasteiger partial charge is 0.550 e. The fourth-order valence-corrected chi connectivity index (χ4v) is 6.10. The fraction of sp³-hybridized carbons (Fsp3) is 0.975. The SMILES string of the molecule is CCCCCCCCCCCCCCCCCC(=O)[O-].CCCCCCCCCC[N+](C)(C)CCCCCCCCCC. The van der Waals surface area contributed by atoms with E-state index in [0.29, 0.717) is 0 Å². The maximum absolute atomic E-state index is 10.2. The van der Waals surface area contributed by atoms with Gasteiger partial charge < -0.3 is 14.4 Å². The molecule has 0 saturated heterocycles. The maximum atomic E-state index is 10.2. The molecule has 0 unspecified atom stereocenters. The van der Waals surface area contributed by atoms with Gasteiger partial charge in [-0.25, -0.2) is 0 Å². The van der Waals surface area contributed by atoms with E-state index in [2.05, 4.69) is 34.9 Å². The lowest BCUT2D eigenvalue weighted by Crippen LogP contribution is -2.41. The van der Waals surface area contributed by atoms with E-state index in [4.69, 9.17) is 0 Å². The second-order valence-corrected chi connectivity index (χ2v) is 14.4. The Morgan fingerprint density at radius 2 is 0.581 bits per heavy atom. The second kappa shape index (κ2) is 37.6. The molecule has 0 rings (SSSR count). The van der Waals surface area contributed by atoms with Crippen LogP contribution in [0.2, 0.25) is 0 Å². The van der Waals surface area contributed by atoms with E-state index >= 15 is 0 Å². The molecule has 0 aromatic rings. The lowest BCUT2D eigenvalue weighted by Gasteiger charge is -2.30. The zero-order valence-electron chi connectivity index (χ0n) is 30.8. The lowest BCUT2D eigenvalue weighted by molar-refractivity contribution is -0.890. The van der Waals surface area contributed by atoms with Crippen molar-refractivity contribution in [3.8, 4) is 0 Å². The normalized spacial score (nSPS) is 11.5. The number of carbonyl (C=O) groups excluding carboxylic acids is 1. The molecule has 0 aliphatic carbocycles. The first-order valence-electron chi connectivity index (χ1n) is 19.9. The molecule has 43 heavy (non-hydrogen) atoms. The fourth-order valence-electron chi connectivity index (χ4n) is 6.10. The molecular formula is C40H83NO2. The van der Waals surface area contributed by atoms with Crippen LogP contribution in [0.1, 0.15) is 226 Å². The molecule has 0 spiro atoms. The van der Waals surface area contributed by atoms with Crippen LogP contribution in [0.15, 0.2) is 0 Å². The number of carbonyl (C=O) groups is 1. The van der Waals surface area contributed by atoms with Crippen molar-refractivity contribution in [2.45, 2.75) is 226 Å². The third-order valence-corrected chi connectivity index (χ3v) is 9.22. The summed E-state index contributed by atoms with van der Waals surface area (Å²) in [5.74, 6) is -0.903. The lowest BCUT2D eigenvalue weighted by atomic mass is 10.0. The van der Waals surface area contributed by atoms with Crippen LogP contribution in [0, 0.1) is 0 Å². The smallest absolute Gasteiger partial charge is 0.0782 e. The molecule has 0 aromatic carbocycles. The highest BCUT2D eigenvalue weighted by molar-refractivity contribution is 5.64. The Morgan fingerprint density at radius 3 is 0.814 bits per heavy atom. The van der Waals surface area contributed by atoms with Crippen molar-refractivity contribution in [3.63, 3.8) is 0 Å². The molecule has 0 amide bonds. The Labute approximate surface area is 273 Å². The molecule has 0 aromatic heterocycles. The molecule has 3 heteroatoms. The summed E-state index contributed by atoms with van der Waals surface area (Å²) >= 11 is 0. The first-order chi connectivity index (χ1) is 20.9. The van der Waals surface area contributed by atoms with Gasteiger partial charge in [0.05, 0.1) is 27.2 Å². The van der Waals surface area contributed by atoms with E-state index in [0.717, 1.165) is 12.8 Å². The summed E-state index contributed by atoms with van der Waals surface area (Å²) in [7, 11) is 4.87. The van der Waals surface area contributed by atoms with Crippen LogP contribution in [0.5, 0.6) is 0 Å². The molecule has 0 N–H and O–H groups in total. The molecule has 0 fully saturated rings. The van der Waals surface area contributed by atoms with Gasteiger partial charge in [0.25, 0.3) is 0 Å². The van der Waals surface area contributed by atoms with Crippen molar-refractivity contribution in [1.29, 1.82) is 0 Å². The topological polar surface area (TPSA) is 40.1 Å². The first kappa shape index (κ1) is 44.6. The number of carboxylic acid groups (broad SMARTS) is 1. The number of carboxylic acids is 1. The van der Waals surface area contributed by atoms with Gasteiger partial charge in [-0.05, 0) is 38.5 Å². The average Bonchev–Trinajstić information content (AvgIpc) is 2.98. The monoisotopic (exact) mass is 610 g/mol. The second-order valence-electron chi connectivity index (χ2n) is 14.4. The van der Waals surface area contributed by atoms with Gasteiger partial charge in [-0.15, -0.1) is 0 Å². The molecule has 0 aliphatic rings. The summed E-state index contributed by atoms with van der Waals surface area (Å²) < 4.78 is 1.24. The van der Waals surface area contributed by atoms with E-state index in [1.807, 2.05) is 0 Å². The number of rotatable bonds is 34. The number of hydrogen-bond acceptors (Lipinski definition) is 2. The molecule has 0 bridgehead atoms. The number of nitrogens with zero attached hydrogens (tertiary/aromatic N) is 1. The maximum Gasteiger partial charge on any atom is 0.0782 e. The Morgan fingerprint density at radius 1 is 0.372 bits per heavy atom. The minimum atomic E-state index is -0.903. The average molecular weight is 610 g/mol. The molecule has 0 radical (unpaired) electrons. The molecule has 0 atom stereocenters. The van der Waals surface area contributed by atoms with E-state index in [1.54, 1.807) is 0 Å². The van der Waals surface area contributed by atoms with Gasteiger partial charge in [0.1, 0.15) is 0 Å². The highest BCUT2D eigenvalue weighted by atomic mass is 16.4. The minimum Gasteiger partial charge on any atom is -0.550 e. The Bertz CT molecular complexity index is 497. The molecular weight excluding hydrogens is 526 g/mol. The predicted octanol–water partition coefficient (Wildman–Crippen LogP) is 12.3. The van der Waals surface area contributed by atoms with Crippen molar-refractivity contribution in [2.24, 2.45) is 0 Å². The van der Waals surface area contributed by atoms with Crippen LogP contribution in [0.3, 0.4) is 0 Å². The highest BCUT2D eigenvalue weighted by Crippen LogP contribution is 2.15. The number of hydrogen-bond donors (Lipinski definition) is 0. The van der Waals surface area contributed by atoms with Crippen LogP contribution in [0.4, 0.5) is 0 Å². The Balaban J connectivity index is 0. The predicted molar refractivity (Wildman–Crippen MR) is 192 cm³/mol. The number of unbranched alkanes of at least 4 members (excludes halogenated alkanes) is 28. The summed E-state index contributed by atoms with van der Waals surface area (Å²) in [4.78, 5) is 10.2. The number of aliphatic carboxylic acids is 1. The summed E-state index contributed by atoms with van der Waals surface area (Å²) in [5, 5.41) is 10.2. The van der Waals surface area contributed by atoms with Gasteiger partial charge in [-0.3, -0.25) is 0 Å². The highest BCUT2D eigenvalue weighted by Gasteiger charge is 2.13. The first-order valence-corrected chi connectivity index (χ1v) is 19.9. The van der Waals surface area contributed by atoms with Gasteiger partial charge in [0, 0.05) is 5.97 Å². The quantitative estimate of drug-likeness (QED) is 0.0538. The standard InChI is InChI=1S/C22H48N.C18H36O2/c1-5-7-9-11-13-15-17-19-21-23(3,4)22-20-18-16-14-12-10-8-6-2;1-2-3-4-5-6-7-8-9-10-11-12-13-14-15-16-17-18(19)20/h5-22H2,1-4H3;2-17H2,1H3,(H,19,20)/q+1;/p-1. The van der Waals surface area contributed by atoms with E-state index < -0.39 is 5.97 Å². The van der Waals surface area contributed by atoms with Crippen LogP contribution in [-0.2, 0) is 4.79 Å². The molecule has 0 aliphatic heterocycles. The van der Waals surface area contributed by atoms with E-state index in [9.17, 15) is 9.90 Å². The van der Waals surface area contributed by atoms with Crippen molar-refractivity contribution in [3.05, 3.63) is 0 Å². The summed E-state index contributed by atoms with van der Waals surface area (Å²) in [6.07, 6.45) is 42.9. The third kappa shape index (κ3) is 43.6. The van der Waals surface area contributed by atoms with Gasteiger partial charge in [-0.2, -0.15) is 0 Å². The zero-order chi connectivity index (χ0) is 32.1. The summed E-state index contributed by atoms with van der Waals surface area (Å²) in [6, 6.07) is 0. The minimum absolute atomic E-state index is 0.234. The van der Waals surface area contributed by atoms with Crippen LogP contribution in [0.25, 0.3) is 0 Å². The van der Waals surface area contributed by atoms with E-state index in [1.165, 1.54) is 204 Å². The molecule has 0 saturated carbocycles. The Hall–Kier alpha value is -0.570. The Kier molecular flexibility index (Phi) is 39.0. The van der Waals surface area contributed by atoms with E-state index in [-0.39, 0.29) is 6.42 Å². The van der Waals surface area contributed by atoms with Crippen LogP contribution >= 0.6 is 0 Å². The zero-order valence-corrected chi connectivity index (χ0v) is 30.8. The van der Waals surface area contributed by atoms with Crippen LogP contribution < -0.4 is 5.11 Å². The van der Waals surface area contributed by atoms with Gasteiger partial charge in [0.15, 0.2) is 0 Å². The van der Waals surface area contributed by atoms with Crippen molar-refractivity contribution >= 4 is 5.97 Å². The summed E-state index contributed by atoms with van der Waals surface area (Å²) in [5.41, 5.74) is 0. The molecule has 3 nitrogen and oxygen atoms in total. The van der Waals surface area contributed by atoms with Crippen molar-refractivity contribution in [1.82, 2.24) is 0 Å². The van der Waals surface area contributed by atoms with Gasteiger partial charge in [-0.1, -0.05) is 188 Å².